The van der Waals surface area contributed by atoms with Gasteiger partial charge in [0.2, 0.25) is 0 Å². The van der Waals surface area contributed by atoms with E-state index in [-0.39, 0.29) is 0 Å². The van der Waals surface area contributed by atoms with E-state index in [0.717, 1.165) is 12.6 Å². The van der Waals surface area contributed by atoms with E-state index in [1.165, 1.54) is 71.5 Å². The van der Waals surface area contributed by atoms with E-state index >= 15 is 0 Å². The van der Waals surface area contributed by atoms with Crippen LogP contribution in [0, 0.1) is 0 Å². The van der Waals surface area contributed by atoms with Gasteiger partial charge in [-0.15, -0.1) is 0 Å². The van der Waals surface area contributed by atoms with Crippen LogP contribution in [-0.4, -0.2) is 74.4 Å². The van der Waals surface area contributed by atoms with Crippen molar-refractivity contribution in [1.82, 2.24) is 15.1 Å². The number of nitrogens with zero attached hydrogens (tertiary/aromatic N) is 2. The van der Waals surface area contributed by atoms with Crippen LogP contribution in [0.5, 0.6) is 0 Å². The Labute approximate surface area is 111 Å². The summed E-state index contributed by atoms with van der Waals surface area (Å²) in [7, 11) is 0. The Morgan fingerprint density at radius 2 is 1.94 bits per heavy atom. The average molecular weight is 253 g/mol. The van der Waals surface area contributed by atoms with Crippen molar-refractivity contribution >= 4 is 0 Å². The summed E-state index contributed by atoms with van der Waals surface area (Å²) in [6.45, 7) is 9.76. The summed E-state index contributed by atoms with van der Waals surface area (Å²) in [6.07, 6.45) is 5.73. The van der Waals surface area contributed by atoms with E-state index in [9.17, 15) is 0 Å². The summed E-state index contributed by atoms with van der Waals surface area (Å²) in [5.74, 6) is 0. The van der Waals surface area contributed by atoms with Gasteiger partial charge in [0.15, 0.2) is 0 Å². The van der Waals surface area contributed by atoms with E-state index in [2.05, 4.69) is 15.1 Å². The normalized spacial score (nSPS) is 31.7. The fourth-order valence-corrected chi connectivity index (χ4v) is 3.30. The van der Waals surface area contributed by atoms with E-state index in [1.54, 1.807) is 0 Å². The van der Waals surface area contributed by atoms with Crippen molar-refractivity contribution in [2.75, 3.05) is 52.4 Å². The zero-order valence-electron chi connectivity index (χ0n) is 11.4. The number of nitrogens with one attached hydrogen (secondary N) is 1. The highest BCUT2D eigenvalue weighted by Crippen LogP contribution is 2.17. The van der Waals surface area contributed by atoms with Crippen LogP contribution in [0.3, 0.4) is 0 Å². The van der Waals surface area contributed by atoms with E-state index in [4.69, 9.17) is 4.74 Å². The van der Waals surface area contributed by atoms with E-state index in [1.807, 2.05) is 0 Å². The highest BCUT2D eigenvalue weighted by atomic mass is 16.5. The third kappa shape index (κ3) is 3.23. The SMILES string of the molecule is C1COC(CCCN2CCN(C3CNC3)CC2)C1. The average Bonchev–Trinajstić information content (AvgIpc) is 2.82. The van der Waals surface area contributed by atoms with Crippen LogP contribution in [-0.2, 0) is 4.74 Å². The Kier molecular flexibility index (Phi) is 4.52. The number of hydrogen-bond donors (Lipinski definition) is 1. The molecule has 3 aliphatic heterocycles. The van der Waals surface area contributed by atoms with Crippen molar-refractivity contribution < 1.29 is 4.74 Å². The Morgan fingerprint density at radius 1 is 1.11 bits per heavy atom. The third-order valence-electron chi connectivity index (χ3n) is 4.71. The maximum Gasteiger partial charge on any atom is 0.0576 e. The molecule has 3 heterocycles. The topological polar surface area (TPSA) is 27.7 Å². The lowest BCUT2D eigenvalue weighted by Crippen LogP contribution is -2.61. The smallest absolute Gasteiger partial charge is 0.0576 e. The molecule has 1 unspecified atom stereocenters. The lowest BCUT2D eigenvalue weighted by Gasteiger charge is -2.43. The zero-order valence-corrected chi connectivity index (χ0v) is 11.4. The second-order valence-electron chi connectivity index (χ2n) is 5.97. The van der Waals surface area contributed by atoms with Gasteiger partial charge in [0.1, 0.15) is 0 Å². The molecule has 0 aromatic rings. The molecule has 0 aromatic heterocycles. The third-order valence-corrected chi connectivity index (χ3v) is 4.71. The lowest BCUT2D eigenvalue weighted by atomic mass is 10.1. The molecule has 0 amide bonds. The number of piperazine rings is 1. The molecule has 3 rings (SSSR count). The van der Waals surface area contributed by atoms with Crippen molar-refractivity contribution in [2.24, 2.45) is 0 Å². The van der Waals surface area contributed by atoms with Crippen LogP contribution in [0.15, 0.2) is 0 Å². The molecule has 0 spiro atoms. The molecular formula is C14H27N3O. The summed E-state index contributed by atoms with van der Waals surface area (Å²) in [6, 6.07) is 0.832. The van der Waals surface area contributed by atoms with Crippen LogP contribution >= 0.6 is 0 Å². The van der Waals surface area contributed by atoms with Gasteiger partial charge in [-0.2, -0.15) is 0 Å². The van der Waals surface area contributed by atoms with Crippen LogP contribution in [0.1, 0.15) is 25.7 Å². The molecular weight excluding hydrogens is 226 g/mol. The van der Waals surface area contributed by atoms with Crippen molar-refractivity contribution in [3.8, 4) is 0 Å². The predicted molar refractivity (Wildman–Crippen MR) is 72.9 cm³/mol. The van der Waals surface area contributed by atoms with Crippen LogP contribution in [0.2, 0.25) is 0 Å². The minimum absolute atomic E-state index is 0.576. The molecule has 4 nitrogen and oxygen atoms in total. The maximum atomic E-state index is 5.68. The predicted octanol–water partition coefficient (Wildman–Crippen LogP) is 0.535. The molecule has 0 aliphatic carbocycles. The maximum absolute atomic E-state index is 5.68. The van der Waals surface area contributed by atoms with Crippen molar-refractivity contribution in [2.45, 2.75) is 37.8 Å². The lowest BCUT2D eigenvalue weighted by molar-refractivity contribution is 0.0658. The molecule has 0 aromatic carbocycles. The quantitative estimate of drug-likeness (QED) is 0.774. The fraction of sp³-hybridized carbons (Fsp3) is 1.00. The Hall–Kier alpha value is -0.160. The van der Waals surface area contributed by atoms with Gasteiger partial charge in [0.25, 0.3) is 0 Å². The molecule has 1 atom stereocenters. The van der Waals surface area contributed by atoms with Gasteiger partial charge in [-0.1, -0.05) is 0 Å². The van der Waals surface area contributed by atoms with Gasteiger partial charge in [0, 0.05) is 51.9 Å². The first-order chi connectivity index (χ1) is 8.92. The second kappa shape index (κ2) is 6.33. The van der Waals surface area contributed by atoms with Crippen molar-refractivity contribution in [3.63, 3.8) is 0 Å². The molecule has 3 saturated heterocycles. The minimum Gasteiger partial charge on any atom is -0.378 e. The monoisotopic (exact) mass is 253 g/mol. The molecule has 0 radical (unpaired) electrons. The second-order valence-corrected chi connectivity index (χ2v) is 5.97. The Morgan fingerprint density at radius 3 is 2.56 bits per heavy atom. The van der Waals surface area contributed by atoms with Crippen LogP contribution in [0.4, 0.5) is 0 Å². The molecule has 3 aliphatic rings. The van der Waals surface area contributed by atoms with Gasteiger partial charge in [-0.3, -0.25) is 4.90 Å². The van der Waals surface area contributed by atoms with Gasteiger partial charge in [-0.05, 0) is 32.2 Å². The Bertz CT molecular complexity index is 243. The molecule has 0 saturated carbocycles. The molecule has 0 bridgehead atoms. The van der Waals surface area contributed by atoms with Gasteiger partial charge >= 0.3 is 0 Å². The standard InChI is InChI=1S/C14H27N3O/c1(3-14-4-2-10-18-14)5-16-6-8-17(9-7-16)13-11-15-12-13/h13-15H,1-12H2. The Balaban J connectivity index is 1.28. The number of rotatable bonds is 5. The summed E-state index contributed by atoms with van der Waals surface area (Å²) < 4.78 is 5.68. The highest BCUT2D eigenvalue weighted by molar-refractivity contribution is 4.87. The molecule has 3 fully saturated rings. The summed E-state index contributed by atoms with van der Waals surface area (Å²) in [5, 5.41) is 3.37. The molecule has 104 valence electrons. The van der Waals surface area contributed by atoms with Crippen LogP contribution in [0.25, 0.3) is 0 Å². The van der Waals surface area contributed by atoms with Crippen molar-refractivity contribution in [3.05, 3.63) is 0 Å². The minimum atomic E-state index is 0.576. The largest absolute Gasteiger partial charge is 0.378 e. The summed E-state index contributed by atoms with van der Waals surface area (Å²) in [4.78, 5) is 5.30. The fourth-order valence-electron chi connectivity index (χ4n) is 3.30. The molecule has 4 heteroatoms. The highest BCUT2D eigenvalue weighted by Gasteiger charge is 2.27. The summed E-state index contributed by atoms with van der Waals surface area (Å²) >= 11 is 0. The van der Waals surface area contributed by atoms with Crippen molar-refractivity contribution in [1.29, 1.82) is 0 Å². The molecule has 18 heavy (non-hydrogen) atoms. The van der Waals surface area contributed by atoms with Gasteiger partial charge in [0.05, 0.1) is 6.10 Å². The summed E-state index contributed by atoms with van der Waals surface area (Å²) in [5.41, 5.74) is 0. The first-order valence-electron chi connectivity index (χ1n) is 7.70. The first-order valence-corrected chi connectivity index (χ1v) is 7.70. The van der Waals surface area contributed by atoms with E-state index < -0.39 is 0 Å². The zero-order chi connectivity index (χ0) is 12.2. The van der Waals surface area contributed by atoms with Gasteiger partial charge in [-0.25, -0.2) is 0 Å². The number of hydrogen-bond acceptors (Lipinski definition) is 4. The molecule has 1 N–H and O–H groups in total. The van der Waals surface area contributed by atoms with Crippen LogP contribution < -0.4 is 5.32 Å². The van der Waals surface area contributed by atoms with Gasteiger partial charge < -0.3 is 15.0 Å². The van der Waals surface area contributed by atoms with E-state index in [0.29, 0.717) is 6.10 Å². The number of ether oxygens (including phenoxy) is 1. The first kappa shape index (κ1) is 12.9.